The van der Waals surface area contributed by atoms with E-state index in [0.29, 0.717) is 6.61 Å². The Kier molecular flexibility index (Phi) is 4.49. The lowest BCUT2D eigenvalue weighted by Gasteiger charge is -2.15. The van der Waals surface area contributed by atoms with E-state index in [0.717, 1.165) is 39.7 Å². The zero-order valence-electron chi connectivity index (χ0n) is 15.7. The molecule has 1 aliphatic rings. The van der Waals surface area contributed by atoms with Crippen LogP contribution in [-0.4, -0.2) is 23.0 Å². The van der Waals surface area contributed by atoms with Gasteiger partial charge in [0, 0.05) is 22.8 Å². The number of hydrogen-bond acceptors (Lipinski definition) is 2. The first-order chi connectivity index (χ1) is 13.8. The topological polar surface area (TPSA) is 28.3 Å². The number of likely N-dealkylation sites (tertiary alicyclic amines) is 1. The smallest absolute Gasteiger partial charge is 0.129 e. The fourth-order valence-electron chi connectivity index (χ4n) is 4.11. The molecular weight excluding hydrogens is 351 g/mol. The van der Waals surface area contributed by atoms with Crippen LogP contribution < -0.4 is 4.74 Å². The summed E-state index contributed by atoms with van der Waals surface area (Å²) < 4.78 is 19.9. The minimum Gasteiger partial charge on any atom is -0.488 e. The number of aromatic nitrogens is 1. The van der Waals surface area contributed by atoms with Crippen LogP contribution in [0.25, 0.3) is 21.8 Å². The lowest BCUT2D eigenvalue weighted by atomic mass is 10.1. The molecule has 28 heavy (non-hydrogen) atoms. The van der Waals surface area contributed by atoms with Crippen molar-refractivity contribution in [2.45, 2.75) is 26.0 Å². The molecule has 4 aromatic rings. The zero-order valence-corrected chi connectivity index (χ0v) is 15.7. The van der Waals surface area contributed by atoms with Gasteiger partial charge in [-0.3, -0.25) is 4.90 Å². The molecule has 3 nitrogen and oxygen atoms in total. The molecule has 3 aromatic carbocycles. The highest BCUT2D eigenvalue weighted by Gasteiger charge is 2.12. The van der Waals surface area contributed by atoms with Crippen LogP contribution in [0.2, 0.25) is 0 Å². The molecule has 0 atom stereocenters. The normalized spacial score (nSPS) is 14.9. The SMILES string of the molecule is Fc1ccc2[nH]c3cccc(OCc4ccc(CN5CCCC5)cc4)c3c2c1. The molecule has 1 N–H and O–H groups in total. The van der Waals surface area contributed by atoms with E-state index in [1.807, 2.05) is 18.2 Å². The molecule has 4 heteroatoms. The summed E-state index contributed by atoms with van der Waals surface area (Å²) >= 11 is 0. The molecule has 0 radical (unpaired) electrons. The first kappa shape index (κ1) is 17.3. The number of nitrogens with one attached hydrogen (secondary N) is 1. The fourth-order valence-corrected chi connectivity index (χ4v) is 4.11. The number of ether oxygens (including phenoxy) is 1. The van der Waals surface area contributed by atoms with Gasteiger partial charge in [0.15, 0.2) is 0 Å². The third kappa shape index (κ3) is 3.36. The van der Waals surface area contributed by atoms with Crippen molar-refractivity contribution >= 4 is 21.8 Å². The first-order valence-corrected chi connectivity index (χ1v) is 9.89. The molecule has 0 bridgehead atoms. The standard InChI is InChI=1S/C24H23FN2O/c25-19-10-11-21-20(14-19)24-22(26-21)4-3-5-23(24)28-16-18-8-6-17(7-9-18)15-27-12-1-2-13-27/h3-11,14,26H,1-2,12-13,15-16H2. The van der Waals surface area contributed by atoms with Crippen LogP contribution >= 0.6 is 0 Å². The van der Waals surface area contributed by atoms with Crippen LogP contribution in [0, 0.1) is 5.82 Å². The van der Waals surface area contributed by atoms with Crippen LogP contribution in [0.4, 0.5) is 4.39 Å². The predicted molar refractivity (Wildman–Crippen MR) is 111 cm³/mol. The van der Waals surface area contributed by atoms with Crippen molar-refractivity contribution in [3.05, 3.63) is 77.6 Å². The highest BCUT2D eigenvalue weighted by Crippen LogP contribution is 2.33. The minimum absolute atomic E-state index is 0.239. The molecule has 0 aliphatic carbocycles. The van der Waals surface area contributed by atoms with Crippen molar-refractivity contribution in [3.63, 3.8) is 0 Å². The summed E-state index contributed by atoms with van der Waals surface area (Å²) in [6, 6.07) is 19.4. The second kappa shape index (κ2) is 7.28. The van der Waals surface area contributed by atoms with Crippen LogP contribution in [0.3, 0.4) is 0 Å². The maximum absolute atomic E-state index is 13.7. The number of H-pyrrole nitrogens is 1. The summed E-state index contributed by atoms with van der Waals surface area (Å²) in [6.45, 7) is 3.94. The molecule has 1 fully saturated rings. The maximum Gasteiger partial charge on any atom is 0.129 e. The molecular formula is C24H23FN2O. The molecule has 1 saturated heterocycles. The lowest BCUT2D eigenvalue weighted by molar-refractivity contribution is 0.310. The van der Waals surface area contributed by atoms with Gasteiger partial charge >= 0.3 is 0 Å². The Bertz CT molecular complexity index is 1110. The van der Waals surface area contributed by atoms with Gasteiger partial charge in [0.1, 0.15) is 18.2 Å². The average molecular weight is 374 g/mol. The van der Waals surface area contributed by atoms with Gasteiger partial charge in [0.05, 0.1) is 5.52 Å². The predicted octanol–water partition coefficient (Wildman–Crippen LogP) is 5.64. The molecule has 0 saturated carbocycles. The quantitative estimate of drug-likeness (QED) is 0.490. The van der Waals surface area contributed by atoms with Crippen LogP contribution in [0.15, 0.2) is 60.7 Å². The van der Waals surface area contributed by atoms with Gasteiger partial charge in [0.2, 0.25) is 0 Å². The third-order valence-corrected chi connectivity index (χ3v) is 5.57. The third-order valence-electron chi connectivity index (χ3n) is 5.57. The Balaban J connectivity index is 1.35. The second-order valence-corrected chi connectivity index (χ2v) is 7.58. The van der Waals surface area contributed by atoms with E-state index in [4.69, 9.17) is 4.74 Å². The summed E-state index contributed by atoms with van der Waals surface area (Å²) in [4.78, 5) is 5.84. The highest BCUT2D eigenvalue weighted by atomic mass is 19.1. The Morgan fingerprint density at radius 1 is 0.893 bits per heavy atom. The summed E-state index contributed by atoms with van der Waals surface area (Å²) in [5.41, 5.74) is 4.35. The summed E-state index contributed by atoms with van der Waals surface area (Å²) in [6.07, 6.45) is 2.63. The van der Waals surface area contributed by atoms with Gasteiger partial charge in [-0.05, 0) is 67.4 Å². The van der Waals surface area contributed by atoms with E-state index < -0.39 is 0 Å². The highest BCUT2D eigenvalue weighted by molar-refractivity contribution is 6.10. The number of aromatic amines is 1. The Labute approximate surface area is 163 Å². The van der Waals surface area contributed by atoms with E-state index >= 15 is 0 Å². The Morgan fingerprint density at radius 2 is 1.68 bits per heavy atom. The molecule has 0 unspecified atom stereocenters. The van der Waals surface area contributed by atoms with Gasteiger partial charge < -0.3 is 9.72 Å². The van der Waals surface area contributed by atoms with Crippen LogP contribution in [0.1, 0.15) is 24.0 Å². The molecule has 2 heterocycles. The summed E-state index contributed by atoms with van der Waals surface area (Å²) in [7, 11) is 0. The van der Waals surface area contributed by atoms with Crippen LogP contribution in [-0.2, 0) is 13.2 Å². The van der Waals surface area contributed by atoms with Gasteiger partial charge in [-0.25, -0.2) is 4.39 Å². The number of hydrogen-bond donors (Lipinski definition) is 1. The van der Waals surface area contributed by atoms with Crippen molar-refractivity contribution in [2.75, 3.05) is 13.1 Å². The minimum atomic E-state index is -0.239. The van der Waals surface area contributed by atoms with E-state index in [2.05, 4.69) is 34.1 Å². The number of fused-ring (bicyclic) bond motifs is 3. The molecule has 1 aromatic heterocycles. The number of benzene rings is 3. The summed E-state index contributed by atoms with van der Waals surface area (Å²) in [5.74, 6) is 0.535. The molecule has 142 valence electrons. The van der Waals surface area contributed by atoms with Crippen molar-refractivity contribution < 1.29 is 9.13 Å². The van der Waals surface area contributed by atoms with Crippen molar-refractivity contribution in [1.29, 1.82) is 0 Å². The van der Waals surface area contributed by atoms with E-state index in [1.54, 1.807) is 12.1 Å². The summed E-state index contributed by atoms with van der Waals surface area (Å²) in [5, 5.41) is 1.79. The van der Waals surface area contributed by atoms with Crippen molar-refractivity contribution in [1.82, 2.24) is 9.88 Å². The Morgan fingerprint density at radius 3 is 2.50 bits per heavy atom. The number of halogens is 1. The molecule has 0 amide bonds. The number of nitrogens with zero attached hydrogens (tertiary/aromatic N) is 1. The number of rotatable bonds is 5. The van der Waals surface area contributed by atoms with Crippen LogP contribution in [0.5, 0.6) is 5.75 Å². The molecule has 1 aliphatic heterocycles. The largest absolute Gasteiger partial charge is 0.488 e. The van der Waals surface area contributed by atoms with Gasteiger partial charge in [-0.2, -0.15) is 0 Å². The van der Waals surface area contributed by atoms with E-state index in [9.17, 15) is 4.39 Å². The lowest BCUT2D eigenvalue weighted by Crippen LogP contribution is -2.18. The van der Waals surface area contributed by atoms with Crippen molar-refractivity contribution in [2.24, 2.45) is 0 Å². The average Bonchev–Trinajstić information content (AvgIpc) is 3.35. The van der Waals surface area contributed by atoms with E-state index in [1.165, 1.54) is 37.6 Å². The first-order valence-electron chi connectivity index (χ1n) is 9.89. The fraction of sp³-hybridized carbons (Fsp3) is 0.250. The Hall–Kier alpha value is -2.85. The van der Waals surface area contributed by atoms with E-state index in [-0.39, 0.29) is 5.82 Å². The monoisotopic (exact) mass is 374 g/mol. The van der Waals surface area contributed by atoms with Gasteiger partial charge in [-0.1, -0.05) is 30.3 Å². The maximum atomic E-state index is 13.7. The van der Waals surface area contributed by atoms with Gasteiger partial charge in [-0.15, -0.1) is 0 Å². The van der Waals surface area contributed by atoms with Crippen molar-refractivity contribution in [3.8, 4) is 5.75 Å². The zero-order chi connectivity index (χ0) is 18.9. The van der Waals surface area contributed by atoms with Gasteiger partial charge in [0.25, 0.3) is 0 Å². The molecule has 5 rings (SSSR count). The molecule has 0 spiro atoms. The second-order valence-electron chi connectivity index (χ2n) is 7.58.